The summed E-state index contributed by atoms with van der Waals surface area (Å²) < 4.78 is 52.9. The van der Waals surface area contributed by atoms with Crippen LogP contribution in [0.2, 0.25) is 0 Å². The van der Waals surface area contributed by atoms with Crippen molar-refractivity contribution in [3.63, 3.8) is 0 Å². The normalized spacial score (nSPS) is 18.9. The quantitative estimate of drug-likeness (QED) is 0.639. The van der Waals surface area contributed by atoms with Gasteiger partial charge in [0, 0.05) is 12.1 Å². The van der Waals surface area contributed by atoms with E-state index in [4.69, 9.17) is 5.73 Å². The molecule has 2 rings (SSSR count). The Morgan fingerprint density at radius 3 is 1.83 bits per heavy atom. The summed E-state index contributed by atoms with van der Waals surface area (Å²) in [7, 11) is -6.01. The van der Waals surface area contributed by atoms with Gasteiger partial charge in [-0.15, -0.1) is 0 Å². The second-order valence-corrected chi connectivity index (χ2v) is 9.93. The molecule has 24 heavy (non-hydrogen) atoms. The van der Waals surface area contributed by atoms with E-state index in [2.05, 4.69) is 9.44 Å². The maximum Gasteiger partial charge on any atom is 0.240 e. The molecule has 0 saturated heterocycles. The number of nitrogens with two attached hydrogens (primary N) is 1. The summed E-state index contributed by atoms with van der Waals surface area (Å²) >= 11 is 0. The molecule has 0 aliphatic heterocycles. The smallest absolute Gasteiger partial charge is 0.240 e. The topological polar surface area (TPSA) is 118 Å². The molecule has 1 aromatic rings. The third-order valence-corrected chi connectivity index (χ3v) is 7.27. The van der Waals surface area contributed by atoms with Gasteiger partial charge in [-0.3, -0.25) is 0 Å². The van der Waals surface area contributed by atoms with Crippen LogP contribution in [0.1, 0.15) is 38.5 Å². The summed E-state index contributed by atoms with van der Waals surface area (Å²) in [6, 6.07) is 5.10. The van der Waals surface area contributed by atoms with Gasteiger partial charge in [0.05, 0.1) is 9.79 Å². The Balaban J connectivity index is 2.10. The van der Waals surface area contributed by atoms with E-state index >= 15 is 0 Å². The number of nitrogens with one attached hydrogen (secondary N) is 2. The van der Waals surface area contributed by atoms with Gasteiger partial charge in [-0.25, -0.2) is 26.3 Å². The highest BCUT2D eigenvalue weighted by atomic mass is 32.2. The molecule has 1 aromatic carbocycles. The molecule has 0 unspecified atom stereocenters. The van der Waals surface area contributed by atoms with Crippen molar-refractivity contribution in [3.05, 3.63) is 24.3 Å². The van der Waals surface area contributed by atoms with Crippen LogP contribution in [-0.2, 0) is 20.0 Å². The predicted molar refractivity (Wildman–Crippen MR) is 92.5 cm³/mol. The zero-order chi connectivity index (χ0) is 17.8. The molecule has 7 nitrogen and oxygen atoms in total. The highest BCUT2D eigenvalue weighted by molar-refractivity contribution is 7.90. The van der Waals surface area contributed by atoms with E-state index in [1.807, 2.05) is 0 Å². The highest BCUT2D eigenvalue weighted by Gasteiger charge is 2.28. The number of benzene rings is 1. The van der Waals surface area contributed by atoms with Crippen LogP contribution in [0.4, 0.5) is 0 Å². The average Bonchev–Trinajstić information content (AvgIpc) is 2.78. The van der Waals surface area contributed by atoms with Crippen molar-refractivity contribution in [1.29, 1.82) is 0 Å². The Morgan fingerprint density at radius 1 is 0.917 bits per heavy atom. The molecule has 1 saturated carbocycles. The predicted octanol–water partition coefficient (Wildman–Crippen LogP) is 0.925. The van der Waals surface area contributed by atoms with Crippen LogP contribution in [0.5, 0.6) is 0 Å². The van der Waals surface area contributed by atoms with Gasteiger partial charge in [0.1, 0.15) is 0 Å². The average molecular weight is 376 g/mol. The van der Waals surface area contributed by atoms with Crippen molar-refractivity contribution in [3.8, 4) is 0 Å². The van der Waals surface area contributed by atoms with Crippen LogP contribution >= 0.6 is 0 Å². The zero-order valence-electron chi connectivity index (χ0n) is 13.8. The van der Waals surface area contributed by atoms with E-state index in [-0.39, 0.29) is 16.3 Å². The van der Waals surface area contributed by atoms with Gasteiger partial charge in [-0.1, -0.05) is 25.7 Å². The first-order chi connectivity index (χ1) is 11.2. The second kappa shape index (κ2) is 7.49. The second-order valence-electron chi connectivity index (χ2n) is 6.28. The summed E-state index contributed by atoms with van der Waals surface area (Å²) in [5.74, 6) is 0. The SMILES string of the molecule is CNS(=O)(=O)c1ccc(S(=O)(=O)NCC2(N)CCCCCC2)cc1. The van der Waals surface area contributed by atoms with Crippen LogP contribution in [0.25, 0.3) is 0 Å². The molecule has 4 N–H and O–H groups in total. The van der Waals surface area contributed by atoms with E-state index in [0.29, 0.717) is 0 Å². The van der Waals surface area contributed by atoms with Gasteiger partial charge in [-0.2, -0.15) is 0 Å². The third-order valence-electron chi connectivity index (χ3n) is 4.43. The van der Waals surface area contributed by atoms with E-state index in [0.717, 1.165) is 38.5 Å². The van der Waals surface area contributed by atoms with Crippen molar-refractivity contribution in [2.45, 2.75) is 53.9 Å². The van der Waals surface area contributed by atoms with Gasteiger partial charge in [0.15, 0.2) is 0 Å². The van der Waals surface area contributed by atoms with Crippen LogP contribution in [-0.4, -0.2) is 36.0 Å². The molecule has 0 spiro atoms. The number of sulfonamides is 2. The Hall–Kier alpha value is -1.00. The van der Waals surface area contributed by atoms with E-state index in [1.165, 1.54) is 31.3 Å². The molecular weight excluding hydrogens is 350 g/mol. The minimum absolute atomic E-state index is 0.0167. The first-order valence-corrected chi connectivity index (χ1v) is 11.0. The van der Waals surface area contributed by atoms with E-state index < -0.39 is 25.6 Å². The fourth-order valence-electron chi connectivity index (χ4n) is 2.85. The Kier molecular flexibility index (Phi) is 6.03. The van der Waals surface area contributed by atoms with Gasteiger partial charge >= 0.3 is 0 Å². The molecule has 136 valence electrons. The summed E-state index contributed by atoms with van der Waals surface area (Å²) in [6.45, 7) is 0.186. The summed E-state index contributed by atoms with van der Waals surface area (Å²) in [5, 5.41) is 0. The molecule has 0 radical (unpaired) electrons. The minimum atomic E-state index is -3.72. The summed E-state index contributed by atoms with van der Waals surface area (Å²) in [5.41, 5.74) is 5.81. The fourth-order valence-corrected chi connectivity index (χ4v) is 4.72. The maximum atomic E-state index is 12.4. The Labute approximate surface area is 144 Å². The molecule has 1 aliphatic rings. The minimum Gasteiger partial charge on any atom is -0.324 e. The van der Waals surface area contributed by atoms with Crippen molar-refractivity contribution in [2.75, 3.05) is 13.6 Å². The first kappa shape index (κ1) is 19.3. The molecule has 0 aromatic heterocycles. The standard InChI is InChI=1S/C15H25N3O4S2/c1-17-23(19,20)13-6-8-14(9-7-13)24(21,22)18-12-15(16)10-4-2-3-5-11-15/h6-9,17-18H,2-5,10-12,16H2,1H3. The fraction of sp³-hybridized carbons (Fsp3) is 0.600. The van der Waals surface area contributed by atoms with Crippen molar-refractivity contribution >= 4 is 20.0 Å². The van der Waals surface area contributed by atoms with Gasteiger partial charge < -0.3 is 5.73 Å². The van der Waals surface area contributed by atoms with Crippen molar-refractivity contribution < 1.29 is 16.8 Å². The first-order valence-electron chi connectivity index (χ1n) is 8.01. The summed E-state index contributed by atoms with van der Waals surface area (Å²) in [4.78, 5) is 0.0396. The van der Waals surface area contributed by atoms with Gasteiger partial charge in [-0.05, 0) is 44.2 Å². The molecule has 0 bridgehead atoms. The van der Waals surface area contributed by atoms with Gasteiger partial charge in [0.2, 0.25) is 20.0 Å². The van der Waals surface area contributed by atoms with E-state index in [1.54, 1.807) is 0 Å². The van der Waals surface area contributed by atoms with Crippen LogP contribution < -0.4 is 15.2 Å². The third kappa shape index (κ3) is 4.76. The maximum absolute atomic E-state index is 12.4. The number of hydrogen-bond donors (Lipinski definition) is 3. The van der Waals surface area contributed by atoms with Crippen molar-refractivity contribution in [1.82, 2.24) is 9.44 Å². The number of rotatable bonds is 6. The number of hydrogen-bond acceptors (Lipinski definition) is 5. The lowest BCUT2D eigenvalue weighted by Crippen LogP contribution is -2.49. The largest absolute Gasteiger partial charge is 0.324 e. The van der Waals surface area contributed by atoms with Crippen LogP contribution in [0.15, 0.2) is 34.1 Å². The molecule has 1 aliphatic carbocycles. The van der Waals surface area contributed by atoms with E-state index in [9.17, 15) is 16.8 Å². The van der Waals surface area contributed by atoms with Crippen LogP contribution in [0, 0.1) is 0 Å². The molecule has 9 heteroatoms. The van der Waals surface area contributed by atoms with Gasteiger partial charge in [0.25, 0.3) is 0 Å². The van der Waals surface area contributed by atoms with Crippen LogP contribution in [0.3, 0.4) is 0 Å². The monoisotopic (exact) mass is 375 g/mol. The molecule has 0 amide bonds. The molecule has 0 heterocycles. The lowest BCUT2D eigenvalue weighted by atomic mass is 9.92. The molecular formula is C15H25N3O4S2. The Morgan fingerprint density at radius 2 is 1.38 bits per heavy atom. The zero-order valence-corrected chi connectivity index (χ0v) is 15.4. The highest BCUT2D eigenvalue weighted by Crippen LogP contribution is 2.25. The molecule has 0 atom stereocenters. The summed E-state index contributed by atoms with van der Waals surface area (Å²) in [6.07, 6.45) is 5.88. The lowest BCUT2D eigenvalue weighted by molar-refractivity contribution is 0.369. The molecule has 1 fully saturated rings. The lowest BCUT2D eigenvalue weighted by Gasteiger charge is -2.28. The van der Waals surface area contributed by atoms with Crippen molar-refractivity contribution in [2.24, 2.45) is 5.73 Å². The Bertz CT molecular complexity index is 750.